The van der Waals surface area contributed by atoms with E-state index >= 15 is 0 Å². The maximum atomic E-state index is 12.1. The van der Waals surface area contributed by atoms with Gasteiger partial charge in [0, 0.05) is 42.9 Å². The van der Waals surface area contributed by atoms with Crippen molar-refractivity contribution in [3.05, 3.63) is 52.2 Å². The number of benzene rings is 1. The topological polar surface area (TPSA) is 49.4 Å². The van der Waals surface area contributed by atoms with E-state index in [2.05, 4.69) is 16.8 Å². The number of carbonyl (C=O) groups is 2. The summed E-state index contributed by atoms with van der Waals surface area (Å²) in [4.78, 5) is 27.2. The summed E-state index contributed by atoms with van der Waals surface area (Å²) in [6, 6.07) is 12.1. The second-order valence-electron chi connectivity index (χ2n) is 6.15. The fourth-order valence-electron chi connectivity index (χ4n) is 3.12. The molecule has 0 bridgehead atoms. The van der Waals surface area contributed by atoms with Gasteiger partial charge in [-0.05, 0) is 35.9 Å². The van der Waals surface area contributed by atoms with Crippen molar-refractivity contribution in [3.8, 4) is 0 Å². The number of hydrogen-bond donors (Lipinski definition) is 1. The molecule has 4 nitrogen and oxygen atoms in total. The highest BCUT2D eigenvalue weighted by atomic mass is 32.1. The molecule has 0 saturated heterocycles. The average Bonchev–Trinajstić information content (AvgIpc) is 3.10. The van der Waals surface area contributed by atoms with E-state index in [4.69, 9.17) is 0 Å². The highest BCUT2D eigenvalue weighted by Gasteiger charge is 2.28. The molecule has 0 spiro atoms. The van der Waals surface area contributed by atoms with E-state index in [1.807, 2.05) is 30.3 Å². The quantitative estimate of drug-likeness (QED) is 0.875. The Morgan fingerprint density at radius 1 is 1.29 bits per heavy atom. The number of anilines is 1. The molecule has 2 heterocycles. The maximum absolute atomic E-state index is 12.1. The Hall–Kier alpha value is -2.14. The first-order chi connectivity index (χ1) is 11.6. The van der Waals surface area contributed by atoms with Crippen LogP contribution in [-0.4, -0.2) is 25.4 Å². The minimum Gasteiger partial charge on any atom is -0.355 e. The van der Waals surface area contributed by atoms with Crippen molar-refractivity contribution in [3.63, 3.8) is 0 Å². The third-order valence-corrected chi connectivity index (χ3v) is 5.42. The van der Waals surface area contributed by atoms with E-state index < -0.39 is 0 Å². The van der Waals surface area contributed by atoms with Gasteiger partial charge in [-0.25, -0.2) is 0 Å². The van der Waals surface area contributed by atoms with Crippen molar-refractivity contribution >= 4 is 28.8 Å². The minimum absolute atomic E-state index is 0.0612. The van der Waals surface area contributed by atoms with E-state index in [1.165, 1.54) is 4.88 Å². The minimum atomic E-state index is 0.0612. The second kappa shape index (κ2) is 7.62. The Kier molecular flexibility index (Phi) is 5.30. The van der Waals surface area contributed by atoms with Gasteiger partial charge in [-0.15, -0.1) is 11.3 Å². The summed E-state index contributed by atoms with van der Waals surface area (Å²) in [6.07, 6.45) is 2.78. The van der Waals surface area contributed by atoms with Gasteiger partial charge >= 0.3 is 0 Å². The smallest absolute Gasteiger partial charge is 0.227 e. The zero-order chi connectivity index (χ0) is 16.9. The maximum Gasteiger partial charge on any atom is 0.227 e. The number of aryl methyl sites for hydroxylation is 1. The van der Waals surface area contributed by atoms with E-state index in [0.717, 1.165) is 24.1 Å². The van der Waals surface area contributed by atoms with Gasteiger partial charge in [-0.1, -0.05) is 24.3 Å². The van der Waals surface area contributed by atoms with Crippen LogP contribution in [0.1, 0.15) is 35.6 Å². The Balaban J connectivity index is 1.51. The van der Waals surface area contributed by atoms with Crippen LogP contribution in [0.4, 0.5) is 5.69 Å². The summed E-state index contributed by atoms with van der Waals surface area (Å²) in [5.74, 6) is 0.229. The molecule has 0 fully saturated rings. The van der Waals surface area contributed by atoms with Gasteiger partial charge in [-0.2, -0.15) is 0 Å². The lowest BCUT2D eigenvalue weighted by Gasteiger charge is -2.31. The molecule has 1 aromatic carbocycles. The molecule has 5 heteroatoms. The van der Waals surface area contributed by atoms with Crippen molar-refractivity contribution in [2.45, 2.75) is 31.6 Å². The lowest BCUT2D eigenvalue weighted by atomic mass is 9.89. The van der Waals surface area contributed by atoms with E-state index in [1.54, 1.807) is 23.3 Å². The Labute approximate surface area is 146 Å². The third-order valence-electron chi connectivity index (χ3n) is 4.49. The average molecular weight is 342 g/mol. The number of nitrogens with one attached hydrogen (secondary N) is 1. The van der Waals surface area contributed by atoms with Crippen molar-refractivity contribution in [2.75, 3.05) is 18.5 Å². The van der Waals surface area contributed by atoms with Crippen molar-refractivity contribution in [2.24, 2.45) is 0 Å². The second-order valence-corrected chi connectivity index (χ2v) is 7.18. The zero-order valence-electron chi connectivity index (χ0n) is 13.8. The molecule has 2 aromatic rings. The molecule has 2 amide bonds. The summed E-state index contributed by atoms with van der Waals surface area (Å²) in [5.41, 5.74) is 2.09. The molecule has 0 saturated carbocycles. The molecule has 0 unspecified atom stereocenters. The van der Waals surface area contributed by atoms with Gasteiger partial charge in [0.05, 0.1) is 0 Å². The van der Waals surface area contributed by atoms with Crippen LogP contribution < -0.4 is 10.2 Å². The van der Waals surface area contributed by atoms with Crippen molar-refractivity contribution in [1.82, 2.24) is 5.32 Å². The van der Waals surface area contributed by atoms with Crippen LogP contribution in [0.5, 0.6) is 0 Å². The molecule has 24 heavy (non-hydrogen) atoms. The Morgan fingerprint density at radius 2 is 2.12 bits per heavy atom. The van der Waals surface area contributed by atoms with Crippen LogP contribution >= 0.6 is 11.3 Å². The van der Waals surface area contributed by atoms with Gasteiger partial charge in [0.15, 0.2) is 0 Å². The summed E-state index contributed by atoms with van der Waals surface area (Å²) in [7, 11) is 1.81. The summed E-state index contributed by atoms with van der Waals surface area (Å²) in [5, 5.41) is 5.06. The molecule has 0 radical (unpaired) electrons. The van der Waals surface area contributed by atoms with Crippen LogP contribution in [-0.2, 0) is 16.0 Å². The van der Waals surface area contributed by atoms with Gasteiger partial charge in [0.2, 0.25) is 11.8 Å². The monoisotopic (exact) mass is 342 g/mol. The molecule has 1 N–H and O–H groups in total. The van der Waals surface area contributed by atoms with Crippen LogP contribution in [0.3, 0.4) is 0 Å². The lowest BCUT2D eigenvalue weighted by molar-refractivity contribution is -0.122. The number of hydrogen-bond acceptors (Lipinski definition) is 3. The normalized spacial score (nSPS) is 16.8. The fourth-order valence-corrected chi connectivity index (χ4v) is 3.87. The molecule has 126 valence electrons. The molecular weight excluding hydrogens is 320 g/mol. The first-order valence-corrected chi connectivity index (χ1v) is 9.17. The largest absolute Gasteiger partial charge is 0.355 e. The molecule has 1 atom stereocenters. The number of thiophene rings is 1. The van der Waals surface area contributed by atoms with E-state index in [0.29, 0.717) is 19.4 Å². The molecule has 3 rings (SSSR count). The van der Waals surface area contributed by atoms with Crippen molar-refractivity contribution in [1.29, 1.82) is 0 Å². The standard InChI is InChI=1S/C19H22N2O2S/c1-21-17-9-3-2-8-16(17)14(12-19(21)23)13-20-18(22)10-4-6-15-7-5-11-24-15/h2-3,5,7-9,11,14H,4,6,10,12-13H2,1H3,(H,20,22)/t14-/m0/s1. The zero-order valence-corrected chi connectivity index (χ0v) is 14.6. The van der Waals surface area contributed by atoms with Gasteiger partial charge < -0.3 is 10.2 Å². The van der Waals surface area contributed by atoms with Gasteiger partial charge in [0.25, 0.3) is 0 Å². The third kappa shape index (κ3) is 3.85. The van der Waals surface area contributed by atoms with Crippen LogP contribution in [0.2, 0.25) is 0 Å². The highest BCUT2D eigenvalue weighted by molar-refractivity contribution is 7.09. The van der Waals surface area contributed by atoms with Crippen molar-refractivity contribution < 1.29 is 9.59 Å². The Morgan fingerprint density at radius 3 is 2.92 bits per heavy atom. The first kappa shape index (κ1) is 16.7. The van der Waals surface area contributed by atoms with Crippen LogP contribution in [0, 0.1) is 0 Å². The first-order valence-electron chi connectivity index (χ1n) is 8.29. The molecule has 1 aliphatic heterocycles. The predicted molar refractivity (Wildman–Crippen MR) is 97.5 cm³/mol. The SMILES string of the molecule is CN1C(=O)C[C@@H](CNC(=O)CCCc2cccs2)c2ccccc21. The lowest BCUT2D eigenvalue weighted by Crippen LogP contribution is -2.37. The fraction of sp³-hybridized carbons (Fsp3) is 0.368. The van der Waals surface area contributed by atoms with Gasteiger partial charge in [-0.3, -0.25) is 9.59 Å². The van der Waals surface area contributed by atoms with E-state index in [9.17, 15) is 9.59 Å². The molecule has 1 aromatic heterocycles. The molecular formula is C19H22N2O2S. The number of amides is 2. The molecule has 1 aliphatic rings. The number of para-hydroxylation sites is 1. The summed E-state index contributed by atoms with van der Waals surface area (Å²) in [6.45, 7) is 0.522. The molecule has 0 aliphatic carbocycles. The van der Waals surface area contributed by atoms with Crippen LogP contribution in [0.25, 0.3) is 0 Å². The number of fused-ring (bicyclic) bond motifs is 1. The van der Waals surface area contributed by atoms with Gasteiger partial charge in [0.1, 0.15) is 0 Å². The summed E-state index contributed by atoms with van der Waals surface area (Å²) >= 11 is 1.73. The Bertz CT molecular complexity index is 712. The number of carbonyl (C=O) groups excluding carboxylic acids is 2. The highest BCUT2D eigenvalue weighted by Crippen LogP contribution is 2.34. The number of rotatable bonds is 6. The van der Waals surface area contributed by atoms with Crippen LogP contribution in [0.15, 0.2) is 41.8 Å². The predicted octanol–water partition coefficient (Wildman–Crippen LogP) is 3.34. The number of nitrogens with zero attached hydrogens (tertiary/aromatic N) is 1. The summed E-state index contributed by atoms with van der Waals surface area (Å²) < 4.78 is 0. The van der Waals surface area contributed by atoms with E-state index in [-0.39, 0.29) is 17.7 Å².